The van der Waals surface area contributed by atoms with Gasteiger partial charge in [-0.05, 0) is 37.6 Å². The molecule has 3 aromatic rings. The minimum Gasteiger partial charge on any atom is -0.381 e. The van der Waals surface area contributed by atoms with E-state index in [9.17, 15) is 0 Å². The molecule has 24 heavy (non-hydrogen) atoms. The van der Waals surface area contributed by atoms with Crippen LogP contribution in [0.4, 0.5) is 0 Å². The molecule has 0 bridgehead atoms. The first-order valence-corrected chi connectivity index (χ1v) is 8.92. The zero-order chi connectivity index (χ0) is 16.8. The lowest BCUT2D eigenvalue weighted by Gasteiger charge is -2.12. The summed E-state index contributed by atoms with van der Waals surface area (Å²) >= 11 is 1.65. The molecular formula is C18H20N4OS. The Kier molecular flexibility index (Phi) is 5.61. The van der Waals surface area contributed by atoms with Gasteiger partial charge >= 0.3 is 0 Å². The van der Waals surface area contributed by atoms with Crippen molar-refractivity contribution in [3.05, 3.63) is 54.4 Å². The third-order valence-corrected chi connectivity index (χ3v) is 4.48. The van der Waals surface area contributed by atoms with E-state index in [1.165, 1.54) is 5.56 Å². The van der Waals surface area contributed by atoms with Crippen molar-refractivity contribution < 1.29 is 4.74 Å². The molecule has 2 heterocycles. The van der Waals surface area contributed by atoms with Crippen LogP contribution in [0.2, 0.25) is 0 Å². The van der Waals surface area contributed by atoms with Gasteiger partial charge < -0.3 is 4.74 Å². The minimum absolute atomic E-state index is 0.701. The molecule has 1 aromatic carbocycles. The number of thioether (sulfide) groups is 1. The van der Waals surface area contributed by atoms with Crippen LogP contribution in [0.15, 0.2) is 53.9 Å². The monoisotopic (exact) mass is 340 g/mol. The Labute approximate surface area is 146 Å². The molecule has 0 fully saturated rings. The standard InChI is InChI=1S/C18H20N4OS/c1-3-23-12-13-24-18-21-20-17(15-8-10-19-11-9-15)22(18)16-7-5-4-6-14(16)2/h4-11H,3,12-13H2,1-2H3. The van der Waals surface area contributed by atoms with Gasteiger partial charge in [0.2, 0.25) is 0 Å². The number of aromatic nitrogens is 4. The molecule has 3 rings (SSSR count). The first-order valence-electron chi connectivity index (χ1n) is 7.93. The summed E-state index contributed by atoms with van der Waals surface area (Å²) in [5.41, 5.74) is 3.27. The van der Waals surface area contributed by atoms with E-state index in [1.807, 2.05) is 31.2 Å². The Morgan fingerprint density at radius 1 is 1.08 bits per heavy atom. The first-order chi connectivity index (χ1) is 11.8. The predicted molar refractivity (Wildman–Crippen MR) is 96.5 cm³/mol. The molecule has 0 atom stereocenters. The zero-order valence-electron chi connectivity index (χ0n) is 13.8. The zero-order valence-corrected chi connectivity index (χ0v) is 14.7. The van der Waals surface area contributed by atoms with E-state index in [2.05, 4.69) is 38.8 Å². The lowest BCUT2D eigenvalue weighted by Crippen LogP contribution is -2.03. The second-order valence-electron chi connectivity index (χ2n) is 5.21. The fourth-order valence-electron chi connectivity index (χ4n) is 2.42. The number of hydrogen-bond donors (Lipinski definition) is 0. The molecule has 0 radical (unpaired) electrons. The summed E-state index contributed by atoms with van der Waals surface area (Å²) in [4.78, 5) is 4.09. The number of ether oxygens (including phenoxy) is 1. The average molecular weight is 340 g/mol. The fourth-order valence-corrected chi connectivity index (χ4v) is 3.22. The molecule has 0 spiro atoms. The third kappa shape index (κ3) is 3.66. The summed E-state index contributed by atoms with van der Waals surface area (Å²) in [6.07, 6.45) is 3.54. The molecule has 6 heteroatoms. The maximum atomic E-state index is 5.43. The summed E-state index contributed by atoms with van der Waals surface area (Å²) in [6, 6.07) is 12.2. The summed E-state index contributed by atoms with van der Waals surface area (Å²) in [5.74, 6) is 1.67. The van der Waals surface area contributed by atoms with Crippen LogP contribution in [0, 0.1) is 6.92 Å². The lowest BCUT2D eigenvalue weighted by atomic mass is 10.2. The highest BCUT2D eigenvalue weighted by atomic mass is 32.2. The van der Waals surface area contributed by atoms with Crippen molar-refractivity contribution in [2.75, 3.05) is 19.0 Å². The second-order valence-corrected chi connectivity index (χ2v) is 6.27. The predicted octanol–water partition coefficient (Wildman–Crippen LogP) is 3.77. The highest BCUT2D eigenvalue weighted by Crippen LogP contribution is 2.29. The summed E-state index contributed by atoms with van der Waals surface area (Å²) in [5, 5.41) is 9.71. The third-order valence-electron chi connectivity index (χ3n) is 3.59. The van der Waals surface area contributed by atoms with Crippen molar-refractivity contribution >= 4 is 11.8 Å². The molecule has 0 amide bonds. The second kappa shape index (κ2) is 8.08. The van der Waals surface area contributed by atoms with Crippen LogP contribution in [0.1, 0.15) is 12.5 Å². The Bertz CT molecular complexity index is 789. The van der Waals surface area contributed by atoms with Crippen LogP contribution in [0.3, 0.4) is 0 Å². The number of aryl methyl sites for hydroxylation is 1. The van der Waals surface area contributed by atoms with Gasteiger partial charge in [0.05, 0.1) is 12.3 Å². The van der Waals surface area contributed by atoms with Crippen LogP contribution < -0.4 is 0 Å². The van der Waals surface area contributed by atoms with Gasteiger partial charge in [-0.15, -0.1) is 10.2 Å². The number of rotatable bonds is 7. The quantitative estimate of drug-likeness (QED) is 0.484. The van der Waals surface area contributed by atoms with Crippen LogP contribution in [-0.4, -0.2) is 38.7 Å². The van der Waals surface area contributed by atoms with Crippen LogP contribution in [0.5, 0.6) is 0 Å². The van der Waals surface area contributed by atoms with Crippen molar-refractivity contribution in [3.63, 3.8) is 0 Å². The van der Waals surface area contributed by atoms with Crippen molar-refractivity contribution in [3.8, 4) is 17.1 Å². The Morgan fingerprint density at radius 2 is 1.88 bits per heavy atom. The SMILES string of the molecule is CCOCCSc1nnc(-c2ccncc2)n1-c1ccccc1C. The average Bonchev–Trinajstić information content (AvgIpc) is 3.03. The summed E-state index contributed by atoms with van der Waals surface area (Å²) in [7, 11) is 0. The van der Waals surface area contributed by atoms with Crippen LogP contribution in [-0.2, 0) is 4.74 Å². The van der Waals surface area contributed by atoms with Gasteiger partial charge in [0.15, 0.2) is 11.0 Å². The summed E-state index contributed by atoms with van der Waals surface area (Å²) < 4.78 is 7.54. The molecule has 0 saturated heterocycles. The van der Waals surface area contributed by atoms with Gasteiger partial charge in [0, 0.05) is 30.3 Å². The highest BCUT2D eigenvalue weighted by molar-refractivity contribution is 7.99. The van der Waals surface area contributed by atoms with Gasteiger partial charge in [-0.1, -0.05) is 30.0 Å². The molecule has 0 unspecified atom stereocenters. The minimum atomic E-state index is 0.701. The van der Waals surface area contributed by atoms with E-state index in [1.54, 1.807) is 24.2 Å². The number of para-hydroxylation sites is 1. The largest absolute Gasteiger partial charge is 0.381 e. The number of hydrogen-bond acceptors (Lipinski definition) is 5. The van der Waals surface area contributed by atoms with E-state index in [-0.39, 0.29) is 0 Å². The van der Waals surface area contributed by atoms with E-state index in [4.69, 9.17) is 4.74 Å². The van der Waals surface area contributed by atoms with Crippen molar-refractivity contribution in [1.29, 1.82) is 0 Å². The first kappa shape index (κ1) is 16.7. The smallest absolute Gasteiger partial charge is 0.196 e. The molecular weight excluding hydrogens is 320 g/mol. The van der Waals surface area contributed by atoms with E-state index in [0.29, 0.717) is 6.61 Å². The molecule has 0 aliphatic heterocycles. The number of nitrogens with zero attached hydrogens (tertiary/aromatic N) is 4. The van der Waals surface area contributed by atoms with Crippen LogP contribution >= 0.6 is 11.8 Å². The normalized spacial score (nSPS) is 10.9. The lowest BCUT2D eigenvalue weighted by molar-refractivity contribution is 0.164. The van der Waals surface area contributed by atoms with Crippen molar-refractivity contribution in [2.24, 2.45) is 0 Å². The Hall–Kier alpha value is -2.18. The molecule has 0 saturated carbocycles. The van der Waals surface area contributed by atoms with Gasteiger partial charge in [0.25, 0.3) is 0 Å². The fraction of sp³-hybridized carbons (Fsp3) is 0.278. The molecule has 0 aliphatic rings. The molecule has 5 nitrogen and oxygen atoms in total. The highest BCUT2D eigenvalue weighted by Gasteiger charge is 2.17. The molecule has 124 valence electrons. The van der Waals surface area contributed by atoms with Gasteiger partial charge in [-0.2, -0.15) is 0 Å². The van der Waals surface area contributed by atoms with E-state index in [0.717, 1.165) is 34.6 Å². The Morgan fingerprint density at radius 3 is 2.62 bits per heavy atom. The maximum Gasteiger partial charge on any atom is 0.196 e. The molecule has 0 N–H and O–H groups in total. The maximum absolute atomic E-state index is 5.43. The van der Waals surface area contributed by atoms with Crippen molar-refractivity contribution in [1.82, 2.24) is 19.7 Å². The van der Waals surface area contributed by atoms with E-state index < -0.39 is 0 Å². The van der Waals surface area contributed by atoms with Crippen LogP contribution in [0.25, 0.3) is 17.1 Å². The van der Waals surface area contributed by atoms with Gasteiger partial charge in [0.1, 0.15) is 0 Å². The van der Waals surface area contributed by atoms with Crippen molar-refractivity contribution in [2.45, 2.75) is 19.0 Å². The van der Waals surface area contributed by atoms with Gasteiger partial charge in [-0.3, -0.25) is 9.55 Å². The summed E-state index contributed by atoms with van der Waals surface area (Å²) in [6.45, 7) is 5.53. The number of pyridine rings is 1. The topological polar surface area (TPSA) is 52.8 Å². The van der Waals surface area contributed by atoms with E-state index >= 15 is 0 Å². The Balaban J connectivity index is 2.01. The molecule has 0 aliphatic carbocycles. The number of benzene rings is 1. The van der Waals surface area contributed by atoms with Gasteiger partial charge in [-0.25, -0.2) is 0 Å². The molecule has 2 aromatic heterocycles.